The first-order valence-corrected chi connectivity index (χ1v) is 9.20. The summed E-state index contributed by atoms with van der Waals surface area (Å²) in [6.45, 7) is 2.08. The highest BCUT2D eigenvalue weighted by atomic mass is 16.5. The molecule has 132 valence electrons. The van der Waals surface area contributed by atoms with Crippen LogP contribution in [-0.4, -0.2) is 11.9 Å². The Hall–Kier alpha value is -2.36. The number of nitrogens with one attached hydrogen (secondary N) is 1. The van der Waals surface area contributed by atoms with Gasteiger partial charge >= 0.3 is 0 Å². The number of carbonyl (C=O) groups is 1. The van der Waals surface area contributed by atoms with Crippen molar-refractivity contribution < 1.29 is 9.52 Å². The normalized spacial score (nSPS) is 16.4. The van der Waals surface area contributed by atoms with E-state index < -0.39 is 0 Å². The average molecular weight is 338 g/mol. The number of carbonyl (C=O) groups excluding carboxylic acids is 1. The van der Waals surface area contributed by atoms with Crippen molar-refractivity contribution in [1.82, 2.24) is 5.32 Å². The number of pyridine rings is 1. The maximum Gasteiger partial charge on any atom is 0.230 e. The molecule has 1 fully saturated rings. The zero-order valence-corrected chi connectivity index (χ0v) is 14.8. The first-order chi connectivity index (χ1) is 12.1. The Kier molecular flexibility index (Phi) is 5.69. The molecule has 4 heteroatoms. The van der Waals surface area contributed by atoms with Crippen LogP contribution in [-0.2, 0) is 11.2 Å². The number of benzene rings is 1. The highest BCUT2D eigenvalue weighted by molar-refractivity contribution is 5.78. The van der Waals surface area contributed by atoms with Crippen molar-refractivity contribution in [2.45, 2.75) is 51.5 Å². The monoisotopic (exact) mass is 338 g/mol. The Bertz CT molecular complexity index is 709. The van der Waals surface area contributed by atoms with Gasteiger partial charge in [0, 0.05) is 17.7 Å². The summed E-state index contributed by atoms with van der Waals surface area (Å²) < 4.78 is 0.813. The number of hydrogen-bond donors (Lipinski definition) is 1. The quantitative estimate of drug-likeness (QED) is 0.669. The van der Waals surface area contributed by atoms with E-state index in [0.29, 0.717) is 11.6 Å². The Morgan fingerprint density at radius 3 is 2.52 bits per heavy atom. The highest BCUT2D eigenvalue weighted by Crippen LogP contribution is 2.26. The van der Waals surface area contributed by atoms with Crippen LogP contribution in [0.5, 0.6) is 0 Å². The first kappa shape index (κ1) is 17.5. The lowest BCUT2D eigenvalue weighted by Crippen LogP contribution is -2.42. The third-order valence-electron chi connectivity index (χ3n) is 5.19. The third kappa shape index (κ3) is 4.59. The summed E-state index contributed by atoms with van der Waals surface area (Å²) in [5, 5.41) is 15.4. The fourth-order valence-corrected chi connectivity index (χ4v) is 3.67. The van der Waals surface area contributed by atoms with Crippen LogP contribution in [0, 0.1) is 11.1 Å². The molecular weight excluding hydrogens is 312 g/mol. The lowest BCUT2D eigenvalue weighted by Gasteiger charge is -2.28. The van der Waals surface area contributed by atoms with E-state index in [-0.39, 0.29) is 18.4 Å². The number of rotatable bonds is 5. The van der Waals surface area contributed by atoms with Crippen molar-refractivity contribution in [2.75, 3.05) is 0 Å². The number of nitrogens with zero attached hydrogens (tertiary/aromatic N) is 1. The standard InChI is InChI=1S/C21H26N2O2/c1-16(17-8-4-2-5-9-17)22-21(24)14-20-13-12-19(15-23(20)25)18-10-6-3-7-11-18/h3,6-7,10-13,15-17H,2,4-5,8-9,14H2,1H3,(H,22,24)/t16-/m1/s1. The van der Waals surface area contributed by atoms with Gasteiger partial charge in [-0.3, -0.25) is 4.79 Å². The second-order valence-corrected chi connectivity index (χ2v) is 7.03. The molecule has 0 spiro atoms. The molecule has 3 rings (SSSR count). The van der Waals surface area contributed by atoms with Crippen LogP contribution in [0.25, 0.3) is 11.1 Å². The van der Waals surface area contributed by atoms with E-state index >= 15 is 0 Å². The zero-order valence-electron chi connectivity index (χ0n) is 14.8. The lowest BCUT2D eigenvalue weighted by atomic mass is 9.84. The minimum absolute atomic E-state index is 0.0739. The minimum atomic E-state index is -0.0739. The summed E-state index contributed by atoms with van der Waals surface area (Å²) in [5.74, 6) is 0.493. The van der Waals surface area contributed by atoms with Crippen LogP contribution in [0.4, 0.5) is 0 Å². The Morgan fingerprint density at radius 2 is 1.84 bits per heavy atom. The van der Waals surface area contributed by atoms with Gasteiger partial charge in [0.25, 0.3) is 0 Å². The molecule has 1 saturated carbocycles. The average Bonchev–Trinajstić information content (AvgIpc) is 2.65. The molecule has 1 aliphatic rings. The number of aromatic nitrogens is 1. The van der Waals surface area contributed by atoms with Gasteiger partial charge in [0.2, 0.25) is 11.6 Å². The molecule has 0 bridgehead atoms. The van der Waals surface area contributed by atoms with Crippen molar-refractivity contribution in [1.29, 1.82) is 0 Å². The van der Waals surface area contributed by atoms with Crippen molar-refractivity contribution in [3.05, 3.63) is 59.6 Å². The first-order valence-electron chi connectivity index (χ1n) is 9.20. The predicted molar refractivity (Wildman–Crippen MR) is 98.7 cm³/mol. The summed E-state index contributed by atoms with van der Waals surface area (Å²) in [7, 11) is 0. The van der Waals surface area contributed by atoms with Crippen molar-refractivity contribution in [3.63, 3.8) is 0 Å². The summed E-state index contributed by atoms with van der Waals surface area (Å²) in [6, 6.07) is 13.6. The fraction of sp³-hybridized carbons (Fsp3) is 0.429. The van der Waals surface area contributed by atoms with Crippen LogP contribution in [0.2, 0.25) is 0 Å². The SMILES string of the molecule is C[C@@H](NC(=O)Cc1ccc(-c2ccccc2)c[n+]1[O-])C1CCCCC1. The van der Waals surface area contributed by atoms with Crippen LogP contribution in [0.15, 0.2) is 48.7 Å². The molecule has 4 nitrogen and oxygen atoms in total. The largest absolute Gasteiger partial charge is 0.618 e. The van der Waals surface area contributed by atoms with E-state index in [2.05, 4.69) is 12.2 Å². The minimum Gasteiger partial charge on any atom is -0.618 e. The highest BCUT2D eigenvalue weighted by Gasteiger charge is 2.22. The molecule has 1 heterocycles. The molecule has 1 aromatic heterocycles. The Labute approximate surface area is 149 Å². The van der Waals surface area contributed by atoms with E-state index in [1.54, 1.807) is 12.3 Å². The Balaban J connectivity index is 1.61. The van der Waals surface area contributed by atoms with Crippen molar-refractivity contribution >= 4 is 5.91 Å². The molecule has 1 atom stereocenters. The van der Waals surface area contributed by atoms with Gasteiger partial charge in [-0.1, -0.05) is 49.6 Å². The molecule has 1 aliphatic carbocycles. The van der Waals surface area contributed by atoms with Gasteiger partial charge in [-0.2, -0.15) is 4.73 Å². The molecule has 1 aromatic carbocycles. The van der Waals surface area contributed by atoms with E-state index in [4.69, 9.17) is 0 Å². The van der Waals surface area contributed by atoms with Crippen LogP contribution in [0.3, 0.4) is 0 Å². The van der Waals surface area contributed by atoms with E-state index in [9.17, 15) is 10.0 Å². The number of hydrogen-bond acceptors (Lipinski definition) is 2. The Morgan fingerprint density at radius 1 is 1.12 bits per heavy atom. The molecule has 2 aromatic rings. The van der Waals surface area contributed by atoms with Gasteiger partial charge < -0.3 is 10.5 Å². The van der Waals surface area contributed by atoms with Gasteiger partial charge in [-0.15, -0.1) is 0 Å². The lowest BCUT2D eigenvalue weighted by molar-refractivity contribution is -0.612. The van der Waals surface area contributed by atoms with E-state index in [1.807, 2.05) is 36.4 Å². The van der Waals surface area contributed by atoms with E-state index in [0.717, 1.165) is 15.9 Å². The second kappa shape index (κ2) is 8.15. The summed E-state index contributed by atoms with van der Waals surface area (Å²) in [6.07, 6.45) is 7.86. The van der Waals surface area contributed by atoms with Gasteiger partial charge in [-0.05, 0) is 37.3 Å². The fourth-order valence-electron chi connectivity index (χ4n) is 3.67. The molecule has 0 unspecified atom stereocenters. The van der Waals surface area contributed by atoms with Gasteiger partial charge in [0.1, 0.15) is 6.42 Å². The van der Waals surface area contributed by atoms with Crippen LogP contribution >= 0.6 is 0 Å². The molecule has 1 amide bonds. The molecular formula is C21H26N2O2. The second-order valence-electron chi connectivity index (χ2n) is 7.03. The van der Waals surface area contributed by atoms with Gasteiger partial charge in [-0.25, -0.2) is 0 Å². The zero-order chi connectivity index (χ0) is 17.6. The van der Waals surface area contributed by atoms with Crippen molar-refractivity contribution in [2.24, 2.45) is 5.92 Å². The smallest absolute Gasteiger partial charge is 0.230 e. The maximum absolute atomic E-state index is 12.3. The topological polar surface area (TPSA) is 56.0 Å². The van der Waals surface area contributed by atoms with E-state index in [1.165, 1.54) is 32.1 Å². The van der Waals surface area contributed by atoms with Crippen LogP contribution < -0.4 is 10.0 Å². The molecule has 0 aliphatic heterocycles. The van der Waals surface area contributed by atoms with Gasteiger partial charge in [0.15, 0.2) is 6.20 Å². The predicted octanol–water partition coefficient (Wildman–Crippen LogP) is 3.61. The molecule has 0 radical (unpaired) electrons. The summed E-state index contributed by atoms with van der Waals surface area (Å²) in [5.41, 5.74) is 2.33. The molecule has 1 N–H and O–H groups in total. The third-order valence-corrected chi connectivity index (χ3v) is 5.19. The summed E-state index contributed by atoms with van der Waals surface area (Å²) >= 11 is 0. The molecule has 0 saturated heterocycles. The molecule has 25 heavy (non-hydrogen) atoms. The number of amides is 1. The maximum atomic E-state index is 12.3. The van der Waals surface area contributed by atoms with Crippen molar-refractivity contribution in [3.8, 4) is 11.1 Å². The van der Waals surface area contributed by atoms with Crippen LogP contribution in [0.1, 0.15) is 44.7 Å². The summed E-state index contributed by atoms with van der Waals surface area (Å²) in [4.78, 5) is 12.3. The van der Waals surface area contributed by atoms with Gasteiger partial charge in [0.05, 0.1) is 0 Å².